The van der Waals surface area contributed by atoms with Gasteiger partial charge in [0.25, 0.3) is 0 Å². The first-order valence-corrected chi connectivity index (χ1v) is 7.97. The van der Waals surface area contributed by atoms with E-state index in [1.807, 2.05) is 0 Å². The summed E-state index contributed by atoms with van der Waals surface area (Å²) in [6, 6.07) is 8.49. The molecule has 0 aliphatic heterocycles. The Morgan fingerprint density at radius 1 is 1.25 bits per heavy atom. The molecule has 3 heteroatoms. The molecule has 0 atom stereocenters. The van der Waals surface area contributed by atoms with Gasteiger partial charge >= 0.3 is 0 Å². The topological polar surface area (TPSA) is 28.8 Å². The normalized spacial score (nSPS) is 14.1. The van der Waals surface area contributed by atoms with Gasteiger partial charge in [0, 0.05) is 10.6 Å². The van der Waals surface area contributed by atoms with Crippen LogP contribution in [0.3, 0.4) is 0 Å². The lowest BCUT2D eigenvalue weighted by Gasteiger charge is -2.15. The molecule has 1 aliphatic rings. The van der Waals surface area contributed by atoms with Gasteiger partial charge in [0.2, 0.25) is 0 Å². The van der Waals surface area contributed by atoms with Gasteiger partial charge < -0.3 is 4.57 Å². The van der Waals surface area contributed by atoms with Gasteiger partial charge in [0.1, 0.15) is 0 Å². The SMILES string of the molecule is C=C(Cn1c2c(sc1=N)CCCC2)c1ccc(C)cc1. The summed E-state index contributed by atoms with van der Waals surface area (Å²) >= 11 is 1.64. The average molecular weight is 284 g/mol. The largest absolute Gasteiger partial charge is 0.317 e. The standard InChI is InChI=1S/C17H20N2S/c1-12-7-9-14(10-8-12)13(2)11-19-15-5-3-4-6-16(15)20-17(19)18/h7-10,18H,2-6,11H2,1H3. The van der Waals surface area contributed by atoms with E-state index in [4.69, 9.17) is 5.41 Å². The molecular formula is C17H20N2S. The van der Waals surface area contributed by atoms with E-state index in [-0.39, 0.29) is 0 Å². The van der Waals surface area contributed by atoms with Gasteiger partial charge in [-0.2, -0.15) is 0 Å². The van der Waals surface area contributed by atoms with Crippen LogP contribution in [0, 0.1) is 12.3 Å². The zero-order chi connectivity index (χ0) is 14.1. The first-order valence-electron chi connectivity index (χ1n) is 7.16. The quantitative estimate of drug-likeness (QED) is 0.885. The number of rotatable bonds is 3. The van der Waals surface area contributed by atoms with Crippen LogP contribution in [-0.2, 0) is 19.4 Å². The lowest BCUT2D eigenvalue weighted by atomic mass is 10.0. The van der Waals surface area contributed by atoms with Crippen LogP contribution in [0.2, 0.25) is 0 Å². The molecule has 104 valence electrons. The molecule has 2 nitrogen and oxygen atoms in total. The highest BCUT2D eigenvalue weighted by Crippen LogP contribution is 2.25. The highest BCUT2D eigenvalue weighted by molar-refractivity contribution is 7.09. The Balaban J connectivity index is 1.88. The molecule has 1 aromatic carbocycles. The first-order chi connectivity index (χ1) is 9.65. The number of aryl methyl sites for hydroxylation is 2. The fourth-order valence-electron chi connectivity index (χ4n) is 2.79. The second-order valence-corrected chi connectivity index (χ2v) is 6.62. The molecule has 0 radical (unpaired) electrons. The van der Waals surface area contributed by atoms with E-state index in [0.717, 1.165) is 25.0 Å². The van der Waals surface area contributed by atoms with E-state index in [1.165, 1.54) is 34.5 Å². The van der Waals surface area contributed by atoms with Crippen molar-refractivity contribution in [1.82, 2.24) is 4.57 Å². The maximum atomic E-state index is 8.20. The Morgan fingerprint density at radius 2 is 1.95 bits per heavy atom. The predicted octanol–water partition coefficient (Wildman–Crippen LogP) is 3.93. The maximum absolute atomic E-state index is 8.20. The van der Waals surface area contributed by atoms with E-state index < -0.39 is 0 Å². The first kappa shape index (κ1) is 13.4. The number of nitrogens with zero attached hydrogens (tertiary/aromatic N) is 1. The molecule has 2 aromatic rings. The molecule has 20 heavy (non-hydrogen) atoms. The van der Waals surface area contributed by atoms with Crippen molar-refractivity contribution in [2.24, 2.45) is 0 Å². The summed E-state index contributed by atoms with van der Waals surface area (Å²) in [6.07, 6.45) is 4.79. The minimum absolute atomic E-state index is 0.671. The van der Waals surface area contributed by atoms with Crippen LogP contribution in [0.1, 0.15) is 34.5 Å². The second-order valence-electron chi connectivity index (χ2n) is 5.54. The van der Waals surface area contributed by atoms with Crippen LogP contribution in [0.15, 0.2) is 30.8 Å². The van der Waals surface area contributed by atoms with Crippen molar-refractivity contribution in [2.75, 3.05) is 0 Å². The molecule has 0 bridgehead atoms. The van der Waals surface area contributed by atoms with Crippen molar-refractivity contribution >= 4 is 16.9 Å². The fourth-order valence-corrected chi connectivity index (χ4v) is 3.88. The van der Waals surface area contributed by atoms with Gasteiger partial charge in [0.05, 0.1) is 6.54 Å². The van der Waals surface area contributed by atoms with Gasteiger partial charge in [-0.15, -0.1) is 11.3 Å². The van der Waals surface area contributed by atoms with Crippen molar-refractivity contribution in [3.05, 3.63) is 57.3 Å². The summed E-state index contributed by atoms with van der Waals surface area (Å²) in [5.74, 6) is 0. The molecule has 0 saturated carbocycles. The van der Waals surface area contributed by atoms with Crippen LogP contribution in [0.4, 0.5) is 0 Å². The highest BCUT2D eigenvalue weighted by atomic mass is 32.1. The molecule has 0 fully saturated rings. The van der Waals surface area contributed by atoms with E-state index in [0.29, 0.717) is 4.80 Å². The van der Waals surface area contributed by atoms with E-state index in [1.54, 1.807) is 11.3 Å². The molecule has 0 saturated heterocycles. The predicted molar refractivity (Wildman–Crippen MR) is 85.0 cm³/mol. The van der Waals surface area contributed by atoms with E-state index in [2.05, 4.69) is 42.3 Å². The van der Waals surface area contributed by atoms with Gasteiger partial charge in [0.15, 0.2) is 4.80 Å². The number of hydrogen-bond donors (Lipinski definition) is 1. The monoisotopic (exact) mass is 284 g/mol. The van der Waals surface area contributed by atoms with Crippen LogP contribution >= 0.6 is 11.3 Å². The summed E-state index contributed by atoms with van der Waals surface area (Å²) in [6.45, 7) is 7.06. The number of aromatic nitrogens is 1. The lowest BCUT2D eigenvalue weighted by molar-refractivity contribution is 0.628. The van der Waals surface area contributed by atoms with Crippen molar-refractivity contribution in [3.63, 3.8) is 0 Å². The molecule has 0 spiro atoms. The molecule has 1 heterocycles. The number of hydrogen-bond acceptors (Lipinski definition) is 2. The summed E-state index contributed by atoms with van der Waals surface area (Å²) in [5, 5.41) is 8.20. The summed E-state index contributed by atoms with van der Waals surface area (Å²) < 4.78 is 2.15. The number of benzene rings is 1. The Bertz CT molecular complexity index is 689. The van der Waals surface area contributed by atoms with Crippen LogP contribution in [0.25, 0.3) is 5.57 Å². The van der Waals surface area contributed by atoms with Crippen LogP contribution < -0.4 is 4.80 Å². The Hall–Kier alpha value is -1.61. The Kier molecular flexibility index (Phi) is 3.62. The fraction of sp³-hybridized carbons (Fsp3) is 0.353. The van der Waals surface area contributed by atoms with Crippen LogP contribution in [-0.4, -0.2) is 4.57 Å². The molecule has 1 N–H and O–H groups in total. The second kappa shape index (κ2) is 5.41. The summed E-state index contributed by atoms with van der Waals surface area (Å²) in [5.41, 5.74) is 4.91. The molecule has 1 aliphatic carbocycles. The molecule has 0 unspecified atom stereocenters. The zero-order valence-corrected chi connectivity index (χ0v) is 12.7. The third-order valence-corrected chi connectivity index (χ3v) is 5.09. The Labute approximate surface area is 123 Å². The third-order valence-electron chi connectivity index (χ3n) is 3.99. The number of nitrogens with one attached hydrogen (secondary N) is 1. The molecular weight excluding hydrogens is 264 g/mol. The zero-order valence-electron chi connectivity index (χ0n) is 11.9. The van der Waals surface area contributed by atoms with E-state index >= 15 is 0 Å². The van der Waals surface area contributed by atoms with Crippen molar-refractivity contribution in [1.29, 1.82) is 5.41 Å². The third kappa shape index (κ3) is 2.50. The molecule has 3 rings (SSSR count). The maximum Gasteiger partial charge on any atom is 0.182 e. The molecule has 0 amide bonds. The smallest absolute Gasteiger partial charge is 0.182 e. The number of fused-ring (bicyclic) bond motifs is 1. The van der Waals surface area contributed by atoms with Crippen molar-refractivity contribution in [2.45, 2.75) is 39.2 Å². The minimum atomic E-state index is 0.671. The van der Waals surface area contributed by atoms with Gasteiger partial charge in [-0.1, -0.05) is 36.4 Å². The van der Waals surface area contributed by atoms with Crippen LogP contribution in [0.5, 0.6) is 0 Å². The number of allylic oxidation sites excluding steroid dienone is 1. The number of thiazole rings is 1. The Morgan fingerprint density at radius 3 is 2.70 bits per heavy atom. The average Bonchev–Trinajstić information content (AvgIpc) is 2.76. The van der Waals surface area contributed by atoms with Gasteiger partial charge in [-0.05, 0) is 43.7 Å². The minimum Gasteiger partial charge on any atom is -0.317 e. The van der Waals surface area contributed by atoms with Gasteiger partial charge in [-0.25, -0.2) is 0 Å². The lowest BCUT2D eigenvalue weighted by Crippen LogP contribution is -2.18. The summed E-state index contributed by atoms with van der Waals surface area (Å²) in [4.78, 5) is 2.09. The van der Waals surface area contributed by atoms with Crippen molar-refractivity contribution < 1.29 is 0 Å². The van der Waals surface area contributed by atoms with E-state index in [9.17, 15) is 0 Å². The molecule has 1 aromatic heterocycles. The van der Waals surface area contributed by atoms with Gasteiger partial charge in [-0.3, -0.25) is 5.41 Å². The van der Waals surface area contributed by atoms with Crippen molar-refractivity contribution in [3.8, 4) is 0 Å². The highest BCUT2D eigenvalue weighted by Gasteiger charge is 2.17. The summed E-state index contributed by atoms with van der Waals surface area (Å²) in [7, 11) is 0.